The van der Waals surface area contributed by atoms with Crippen molar-refractivity contribution in [3.63, 3.8) is 0 Å². The van der Waals surface area contributed by atoms with E-state index in [4.69, 9.17) is 4.74 Å². The second-order valence-corrected chi connectivity index (χ2v) is 3.99. The van der Waals surface area contributed by atoms with E-state index in [0.717, 1.165) is 23.9 Å². The van der Waals surface area contributed by atoms with Gasteiger partial charge >= 0.3 is 0 Å². The van der Waals surface area contributed by atoms with Crippen molar-refractivity contribution in [1.29, 1.82) is 0 Å². The Kier molecular flexibility index (Phi) is 3.54. The molecule has 90 valence electrons. The van der Waals surface area contributed by atoms with E-state index < -0.39 is 0 Å². The molecule has 4 heteroatoms. The molecule has 1 heterocycles. The molecule has 17 heavy (non-hydrogen) atoms. The Balaban J connectivity index is 2.38. The molecular weight excluding hydrogens is 216 g/mol. The first-order chi connectivity index (χ1) is 8.24. The molecule has 2 aromatic rings. The minimum absolute atomic E-state index is 0.00620. The number of carbonyl (C=O) groups is 1. The molecule has 0 saturated heterocycles. The van der Waals surface area contributed by atoms with Crippen molar-refractivity contribution in [3.05, 3.63) is 30.0 Å². The predicted molar refractivity (Wildman–Crippen MR) is 66.2 cm³/mol. The maximum absolute atomic E-state index is 11.5. The fourth-order valence-electron chi connectivity index (χ4n) is 1.92. The lowest BCUT2D eigenvalue weighted by Gasteiger charge is -2.02. The van der Waals surface area contributed by atoms with Crippen LogP contribution in [-0.2, 0) is 11.3 Å². The first-order valence-electron chi connectivity index (χ1n) is 5.69. The van der Waals surface area contributed by atoms with Crippen LogP contribution in [-0.4, -0.2) is 29.3 Å². The standard InChI is InChI=1S/C13H16N2O2/c1-10(16)13-11-6-3-4-7-12(11)15(14-13)8-5-9-17-2/h3-4,6-7H,5,8-9H2,1-2H3. The third-order valence-corrected chi connectivity index (χ3v) is 2.71. The topological polar surface area (TPSA) is 44.1 Å². The summed E-state index contributed by atoms with van der Waals surface area (Å²) < 4.78 is 6.90. The van der Waals surface area contributed by atoms with Gasteiger partial charge in [0.25, 0.3) is 0 Å². The summed E-state index contributed by atoms with van der Waals surface area (Å²) in [4.78, 5) is 11.5. The van der Waals surface area contributed by atoms with Crippen LogP contribution in [0.25, 0.3) is 10.9 Å². The number of Topliss-reactive ketones (excluding diaryl/α,β-unsaturated/α-hetero) is 1. The second kappa shape index (κ2) is 5.10. The monoisotopic (exact) mass is 232 g/mol. The van der Waals surface area contributed by atoms with E-state index >= 15 is 0 Å². The van der Waals surface area contributed by atoms with Crippen LogP contribution in [0, 0.1) is 0 Å². The molecule has 0 aliphatic rings. The Hall–Kier alpha value is -1.68. The first-order valence-corrected chi connectivity index (χ1v) is 5.69. The van der Waals surface area contributed by atoms with Gasteiger partial charge in [0, 0.05) is 32.6 Å². The third-order valence-electron chi connectivity index (χ3n) is 2.71. The van der Waals surface area contributed by atoms with Crippen molar-refractivity contribution in [2.24, 2.45) is 0 Å². The molecule has 0 unspecified atom stereocenters. The average molecular weight is 232 g/mol. The average Bonchev–Trinajstić information content (AvgIpc) is 2.69. The molecule has 0 aliphatic carbocycles. The summed E-state index contributed by atoms with van der Waals surface area (Å²) in [5.74, 6) is 0.00620. The zero-order valence-corrected chi connectivity index (χ0v) is 10.1. The number of aromatic nitrogens is 2. The van der Waals surface area contributed by atoms with Crippen molar-refractivity contribution in [3.8, 4) is 0 Å². The summed E-state index contributed by atoms with van der Waals surface area (Å²) in [6.45, 7) is 3.01. The van der Waals surface area contributed by atoms with Crippen LogP contribution >= 0.6 is 0 Å². The Morgan fingerprint density at radius 1 is 1.41 bits per heavy atom. The van der Waals surface area contributed by atoms with Gasteiger partial charge in [-0.15, -0.1) is 0 Å². The molecule has 0 fully saturated rings. The van der Waals surface area contributed by atoms with E-state index in [1.54, 1.807) is 14.0 Å². The largest absolute Gasteiger partial charge is 0.385 e. The highest BCUT2D eigenvalue weighted by atomic mass is 16.5. The lowest BCUT2D eigenvalue weighted by atomic mass is 10.2. The van der Waals surface area contributed by atoms with E-state index in [1.165, 1.54) is 0 Å². The van der Waals surface area contributed by atoms with Gasteiger partial charge in [-0.25, -0.2) is 0 Å². The van der Waals surface area contributed by atoms with E-state index in [0.29, 0.717) is 12.3 Å². The van der Waals surface area contributed by atoms with E-state index in [1.807, 2.05) is 28.9 Å². The van der Waals surface area contributed by atoms with Crippen molar-refractivity contribution in [2.45, 2.75) is 19.9 Å². The number of benzene rings is 1. The Labute approximate surface area is 100 Å². The van der Waals surface area contributed by atoms with Gasteiger partial charge in [-0.05, 0) is 12.5 Å². The van der Waals surface area contributed by atoms with Crippen LogP contribution in [0.15, 0.2) is 24.3 Å². The zero-order chi connectivity index (χ0) is 12.3. The number of nitrogens with zero attached hydrogens (tertiary/aromatic N) is 2. The Bertz CT molecular complexity index is 531. The van der Waals surface area contributed by atoms with Crippen molar-refractivity contribution in [2.75, 3.05) is 13.7 Å². The molecule has 0 N–H and O–H groups in total. The number of ether oxygens (including phenoxy) is 1. The number of aryl methyl sites for hydroxylation is 1. The summed E-state index contributed by atoms with van der Waals surface area (Å²) >= 11 is 0. The predicted octanol–water partition coefficient (Wildman–Crippen LogP) is 2.28. The van der Waals surface area contributed by atoms with Crippen LogP contribution in [0.4, 0.5) is 0 Å². The summed E-state index contributed by atoms with van der Waals surface area (Å²) in [7, 11) is 1.68. The van der Waals surface area contributed by atoms with Crippen LogP contribution < -0.4 is 0 Å². The highest BCUT2D eigenvalue weighted by Crippen LogP contribution is 2.18. The van der Waals surface area contributed by atoms with Crippen molar-refractivity contribution < 1.29 is 9.53 Å². The number of hydrogen-bond acceptors (Lipinski definition) is 3. The quantitative estimate of drug-likeness (QED) is 0.586. The molecule has 2 rings (SSSR count). The Morgan fingerprint density at radius 2 is 2.18 bits per heavy atom. The molecule has 0 bridgehead atoms. The third kappa shape index (κ3) is 2.36. The molecular formula is C13H16N2O2. The minimum Gasteiger partial charge on any atom is -0.385 e. The number of para-hydroxylation sites is 1. The molecule has 0 aliphatic heterocycles. The van der Waals surface area contributed by atoms with Crippen molar-refractivity contribution >= 4 is 16.7 Å². The molecule has 1 aromatic carbocycles. The first kappa shape index (κ1) is 11.8. The summed E-state index contributed by atoms with van der Waals surface area (Å²) in [6, 6.07) is 7.81. The minimum atomic E-state index is 0.00620. The Morgan fingerprint density at radius 3 is 2.88 bits per heavy atom. The van der Waals surface area contributed by atoms with Crippen LogP contribution in [0.5, 0.6) is 0 Å². The van der Waals surface area contributed by atoms with Crippen LogP contribution in [0.1, 0.15) is 23.8 Å². The number of hydrogen-bond donors (Lipinski definition) is 0. The van der Waals surface area contributed by atoms with E-state index in [2.05, 4.69) is 5.10 Å². The van der Waals surface area contributed by atoms with Gasteiger partial charge in [0.2, 0.25) is 0 Å². The molecule has 0 spiro atoms. The smallest absolute Gasteiger partial charge is 0.180 e. The van der Waals surface area contributed by atoms with E-state index in [-0.39, 0.29) is 5.78 Å². The molecule has 0 atom stereocenters. The van der Waals surface area contributed by atoms with Gasteiger partial charge < -0.3 is 4.74 Å². The van der Waals surface area contributed by atoms with Crippen LogP contribution in [0.2, 0.25) is 0 Å². The molecule has 0 radical (unpaired) electrons. The zero-order valence-electron chi connectivity index (χ0n) is 10.1. The number of rotatable bonds is 5. The molecule has 4 nitrogen and oxygen atoms in total. The van der Waals surface area contributed by atoms with E-state index in [9.17, 15) is 4.79 Å². The second-order valence-electron chi connectivity index (χ2n) is 3.99. The lowest BCUT2D eigenvalue weighted by Crippen LogP contribution is -2.04. The molecule has 0 amide bonds. The highest BCUT2D eigenvalue weighted by Gasteiger charge is 2.12. The van der Waals surface area contributed by atoms with Gasteiger partial charge in [0.05, 0.1) is 5.52 Å². The number of fused-ring (bicyclic) bond motifs is 1. The van der Waals surface area contributed by atoms with Crippen molar-refractivity contribution in [1.82, 2.24) is 9.78 Å². The molecule has 1 aromatic heterocycles. The van der Waals surface area contributed by atoms with Crippen LogP contribution in [0.3, 0.4) is 0 Å². The fraction of sp³-hybridized carbons (Fsp3) is 0.385. The summed E-state index contributed by atoms with van der Waals surface area (Å²) in [5.41, 5.74) is 1.56. The molecule has 0 saturated carbocycles. The summed E-state index contributed by atoms with van der Waals surface area (Å²) in [6.07, 6.45) is 0.888. The number of carbonyl (C=O) groups excluding carboxylic acids is 1. The normalized spacial score (nSPS) is 10.9. The SMILES string of the molecule is COCCCn1nc(C(C)=O)c2ccccc21. The van der Waals surface area contributed by atoms with Gasteiger partial charge in [-0.2, -0.15) is 5.10 Å². The summed E-state index contributed by atoms with van der Waals surface area (Å²) in [5, 5.41) is 5.30. The number of methoxy groups -OCH3 is 1. The lowest BCUT2D eigenvalue weighted by molar-refractivity contribution is 0.101. The number of ketones is 1. The van der Waals surface area contributed by atoms with Gasteiger partial charge in [-0.1, -0.05) is 18.2 Å². The van der Waals surface area contributed by atoms with Gasteiger partial charge in [-0.3, -0.25) is 9.48 Å². The maximum Gasteiger partial charge on any atom is 0.180 e. The highest BCUT2D eigenvalue weighted by molar-refractivity contribution is 6.04. The van der Waals surface area contributed by atoms with Gasteiger partial charge in [0.1, 0.15) is 5.69 Å². The van der Waals surface area contributed by atoms with Gasteiger partial charge in [0.15, 0.2) is 5.78 Å². The fourth-order valence-corrected chi connectivity index (χ4v) is 1.92. The maximum atomic E-state index is 11.5.